The predicted molar refractivity (Wildman–Crippen MR) is 119 cm³/mol. The number of amides is 2. The summed E-state index contributed by atoms with van der Waals surface area (Å²) in [4.78, 5) is 36.1. The molecule has 7 nitrogen and oxygen atoms in total. The Kier molecular flexibility index (Phi) is 6.73. The van der Waals surface area contributed by atoms with E-state index >= 15 is 0 Å². The Morgan fingerprint density at radius 3 is 2.19 bits per heavy atom. The van der Waals surface area contributed by atoms with Crippen LogP contribution in [-0.4, -0.2) is 42.3 Å². The molecule has 2 aromatic rings. The topological polar surface area (TPSA) is 105 Å². The van der Waals surface area contributed by atoms with Crippen LogP contribution in [0.5, 0.6) is 0 Å². The number of fused-ring (bicyclic) bond motifs is 3. The molecule has 2 aliphatic rings. The Hall–Kier alpha value is -3.35. The molecule has 168 valence electrons. The van der Waals surface area contributed by atoms with E-state index in [0.717, 1.165) is 41.5 Å². The third-order valence-corrected chi connectivity index (χ3v) is 6.42. The molecular weight excluding hydrogens is 408 g/mol. The van der Waals surface area contributed by atoms with Crippen molar-refractivity contribution < 1.29 is 24.2 Å². The van der Waals surface area contributed by atoms with Crippen LogP contribution in [0, 0.1) is 5.92 Å². The zero-order valence-electron chi connectivity index (χ0n) is 17.9. The number of carboxylic acids is 1. The molecule has 4 rings (SSSR count). The number of hydrogen-bond acceptors (Lipinski definition) is 4. The van der Waals surface area contributed by atoms with E-state index in [-0.39, 0.29) is 19.1 Å². The van der Waals surface area contributed by atoms with Crippen LogP contribution >= 0.6 is 0 Å². The molecule has 1 saturated carbocycles. The fourth-order valence-electron chi connectivity index (χ4n) is 4.84. The Morgan fingerprint density at radius 2 is 1.53 bits per heavy atom. The van der Waals surface area contributed by atoms with Gasteiger partial charge in [0, 0.05) is 12.0 Å². The molecule has 32 heavy (non-hydrogen) atoms. The number of aliphatic carboxylic acids is 1. The van der Waals surface area contributed by atoms with Crippen molar-refractivity contribution in [3.05, 3.63) is 59.7 Å². The summed E-state index contributed by atoms with van der Waals surface area (Å²) in [5.41, 5.74) is 4.53. The summed E-state index contributed by atoms with van der Waals surface area (Å²) in [6.45, 7) is -0.0787. The van der Waals surface area contributed by atoms with Crippen molar-refractivity contribution in [2.75, 3.05) is 13.2 Å². The van der Waals surface area contributed by atoms with E-state index in [1.165, 1.54) is 0 Å². The summed E-state index contributed by atoms with van der Waals surface area (Å²) in [6.07, 6.45) is 3.22. The van der Waals surface area contributed by atoms with Gasteiger partial charge in [-0.15, -0.1) is 0 Å². The molecule has 0 spiro atoms. The maximum atomic E-state index is 12.3. The number of nitrogens with one attached hydrogen (secondary N) is 2. The first-order valence-corrected chi connectivity index (χ1v) is 11.2. The van der Waals surface area contributed by atoms with Gasteiger partial charge in [-0.25, -0.2) is 4.79 Å². The molecule has 0 saturated heterocycles. The highest BCUT2D eigenvalue weighted by Gasteiger charge is 2.31. The fourth-order valence-corrected chi connectivity index (χ4v) is 4.84. The minimum absolute atomic E-state index is 0.0516. The lowest BCUT2D eigenvalue weighted by molar-refractivity contribution is -0.143. The smallest absolute Gasteiger partial charge is 0.407 e. The molecule has 3 N–H and O–H groups in total. The first-order chi connectivity index (χ1) is 15.5. The second kappa shape index (κ2) is 9.85. The van der Waals surface area contributed by atoms with Crippen LogP contribution in [0.15, 0.2) is 48.5 Å². The van der Waals surface area contributed by atoms with Crippen molar-refractivity contribution in [1.29, 1.82) is 0 Å². The molecule has 2 aromatic carbocycles. The molecule has 0 unspecified atom stereocenters. The third kappa shape index (κ3) is 4.77. The van der Waals surface area contributed by atoms with E-state index in [9.17, 15) is 19.5 Å². The van der Waals surface area contributed by atoms with Crippen molar-refractivity contribution in [1.82, 2.24) is 10.6 Å². The highest BCUT2D eigenvalue weighted by atomic mass is 16.5. The minimum atomic E-state index is -0.887. The van der Waals surface area contributed by atoms with Crippen molar-refractivity contribution in [3.63, 3.8) is 0 Å². The van der Waals surface area contributed by atoms with Gasteiger partial charge in [0.15, 0.2) is 0 Å². The number of hydrogen-bond donors (Lipinski definition) is 3. The second-order valence-corrected chi connectivity index (χ2v) is 8.44. The minimum Gasteiger partial charge on any atom is -0.481 e. The summed E-state index contributed by atoms with van der Waals surface area (Å²) >= 11 is 0. The van der Waals surface area contributed by atoms with Gasteiger partial charge in [-0.05, 0) is 35.1 Å². The van der Waals surface area contributed by atoms with Gasteiger partial charge in [0.05, 0.1) is 5.92 Å². The lowest BCUT2D eigenvalue weighted by Crippen LogP contribution is -2.46. The lowest BCUT2D eigenvalue weighted by Gasteiger charge is -2.23. The van der Waals surface area contributed by atoms with E-state index in [1.54, 1.807) is 0 Å². The van der Waals surface area contributed by atoms with Crippen molar-refractivity contribution in [3.8, 4) is 11.1 Å². The van der Waals surface area contributed by atoms with E-state index in [0.29, 0.717) is 12.8 Å². The average Bonchev–Trinajstić information content (AvgIpc) is 2.92. The van der Waals surface area contributed by atoms with Crippen molar-refractivity contribution in [2.24, 2.45) is 5.92 Å². The molecule has 7 heteroatoms. The summed E-state index contributed by atoms with van der Waals surface area (Å²) in [7, 11) is 0. The molecule has 0 radical (unpaired) electrons. The monoisotopic (exact) mass is 436 g/mol. The maximum Gasteiger partial charge on any atom is 0.407 e. The van der Waals surface area contributed by atoms with Crippen LogP contribution in [0.25, 0.3) is 11.1 Å². The van der Waals surface area contributed by atoms with Crippen LogP contribution in [-0.2, 0) is 14.3 Å². The quantitative estimate of drug-likeness (QED) is 0.599. The molecular formula is C25H28N2O5. The molecule has 0 aromatic heterocycles. The van der Waals surface area contributed by atoms with Gasteiger partial charge in [0.1, 0.15) is 13.2 Å². The molecule has 1 fully saturated rings. The molecule has 0 bridgehead atoms. The number of benzene rings is 2. The van der Waals surface area contributed by atoms with E-state index in [1.807, 2.05) is 36.4 Å². The molecule has 0 heterocycles. The van der Waals surface area contributed by atoms with E-state index in [4.69, 9.17) is 4.74 Å². The van der Waals surface area contributed by atoms with Crippen LogP contribution in [0.1, 0.15) is 49.1 Å². The Balaban J connectivity index is 1.29. The number of carboxylic acid groups (broad SMARTS) is 1. The standard InChI is InChI=1S/C25H28N2O5/c28-23(27-22-13-3-1-2-12-20(22)24(29)30)14-26-25(31)32-15-21-18-10-6-4-8-16(18)17-9-5-7-11-19(17)21/h4-11,20-22H,1-3,12-15H2,(H,26,31)(H,27,28)(H,29,30)/t20-,22+/m1/s1. The number of carbonyl (C=O) groups is 3. The van der Waals surface area contributed by atoms with Gasteiger partial charge in [-0.1, -0.05) is 67.8 Å². The number of carbonyl (C=O) groups excluding carboxylic acids is 2. The fraction of sp³-hybridized carbons (Fsp3) is 0.400. The van der Waals surface area contributed by atoms with Gasteiger partial charge in [-0.3, -0.25) is 9.59 Å². The van der Waals surface area contributed by atoms with Crippen LogP contribution < -0.4 is 10.6 Å². The lowest BCUT2D eigenvalue weighted by atomic mass is 9.95. The van der Waals surface area contributed by atoms with Crippen molar-refractivity contribution >= 4 is 18.0 Å². The Morgan fingerprint density at radius 1 is 0.906 bits per heavy atom. The maximum absolute atomic E-state index is 12.3. The largest absolute Gasteiger partial charge is 0.481 e. The van der Waals surface area contributed by atoms with E-state index < -0.39 is 29.9 Å². The van der Waals surface area contributed by atoms with Gasteiger partial charge in [-0.2, -0.15) is 0 Å². The van der Waals surface area contributed by atoms with Crippen LogP contribution in [0.2, 0.25) is 0 Å². The number of rotatable bonds is 6. The highest BCUT2D eigenvalue weighted by Crippen LogP contribution is 2.44. The van der Waals surface area contributed by atoms with E-state index in [2.05, 4.69) is 22.8 Å². The molecule has 2 aliphatic carbocycles. The zero-order valence-corrected chi connectivity index (χ0v) is 17.9. The third-order valence-electron chi connectivity index (χ3n) is 6.42. The Bertz CT molecular complexity index is 960. The molecule has 2 amide bonds. The van der Waals surface area contributed by atoms with Gasteiger partial charge in [0.2, 0.25) is 5.91 Å². The van der Waals surface area contributed by atoms with Gasteiger partial charge >= 0.3 is 12.1 Å². The average molecular weight is 437 g/mol. The second-order valence-electron chi connectivity index (χ2n) is 8.44. The molecule has 0 aliphatic heterocycles. The SMILES string of the molecule is O=C(CNC(=O)OCC1c2ccccc2-c2ccccc21)N[C@H]1CCCCC[C@H]1C(=O)O. The highest BCUT2D eigenvalue weighted by molar-refractivity contribution is 5.83. The summed E-state index contributed by atoms with van der Waals surface area (Å²) in [5.74, 6) is -1.93. The summed E-state index contributed by atoms with van der Waals surface area (Å²) < 4.78 is 5.44. The first-order valence-electron chi connectivity index (χ1n) is 11.2. The summed E-state index contributed by atoms with van der Waals surface area (Å²) in [5, 5.41) is 14.7. The zero-order chi connectivity index (χ0) is 22.5. The summed E-state index contributed by atoms with van der Waals surface area (Å²) in [6, 6.07) is 15.7. The molecule has 2 atom stereocenters. The first kappa shape index (κ1) is 21.9. The normalized spacial score (nSPS) is 19.9. The van der Waals surface area contributed by atoms with Gasteiger partial charge in [0.25, 0.3) is 0 Å². The number of alkyl carbamates (subject to hydrolysis) is 1. The Labute approximate surface area is 187 Å². The van der Waals surface area contributed by atoms with Gasteiger partial charge < -0.3 is 20.5 Å². The number of ether oxygens (including phenoxy) is 1. The predicted octanol–water partition coefficient (Wildman–Crippen LogP) is 3.67. The van der Waals surface area contributed by atoms with Crippen molar-refractivity contribution in [2.45, 2.75) is 44.1 Å². The van der Waals surface area contributed by atoms with Crippen LogP contribution in [0.4, 0.5) is 4.79 Å². The van der Waals surface area contributed by atoms with Crippen LogP contribution in [0.3, 0.4) is 0 Å².